The van der Waals surface area contributed by atoms with E-state index in [4.69, 9.17) is 34.8 Å². The van der Waals surface area contributed by atoms with E-state index in [9.17, 15) is 13.2 Å². The van der Waals surface area contributed by atoms with Gasteiger partial charge >= 0.3 is 0 Å². The lowest BCUT2D eigenvalue weighted by Crippen LogP contribution is -2.14. The Balaban J connectivity index is 1.79. The molecule has 0 unspecified atom stereocenters. The highest BCUT2D eigenvalue weighted by molar-refractivity contribution is 7.92. The lowest BCUT2D eigenvalue weighted by molar-refractivity contribution is 0.102. The fourth-order valence-electron chi connectivity index (χ4n) is 2.37. The maximum Gasteiger partial charge on any atom is 0.261 e. The molecule has 28 heavy (non-hydrogen) atoms. The van der Waals surface area contributed by atoms with Crippen LogP contribution in [0.1, 0.15) is 10.4 Å². The van der Waals surface area contributed by atoms with Gasteiger partial charge in [0, 0.05) is 21.3 Å². The monoisotopic (exact) mass is 454 g/mol. The van der Waals surface area contributed by atoms with Gasteiger partial charge in [-0.25, -0.2) is 8.42 Å². The van der Waals surface area contributed by atoms with E-state index in [0.717, 1.165) is 0 Å². The molecule has 1 amide bonds. The summed E-state index contributed by atoms with van der Waals surface area (Å²) in [4.78, 5) is 12.5. The Morgan fingerprint density at radius 3 is 2.07 bits per heavy atom. The van der Waals surface area contributed by atoms with Gasteiger partial charge in [0.2, 0.25) is 0 Å². The topological polar surface area (TPSA) is 75.3 Å². The molecule has 0 fully saturated rings. The second-order valence-corrected chi connectivity index (χ2v) is 8.69. The van der Waals surface area contributed by atoms with Gasteiger partial charge in [-0.1, -0.05) is 53.0 Å². The fraction of sp³-hybridized carbons (Fsp3) is 0. The third kappa shape index (κ3) is 4.97. The first kappa shape index (κ1) is 20.5. The lowest BCUT2D eigenvalue weighted by atomic mass is 10.2. The van der Waals surface area contributed by atoms with Crippen molar-refractivity contribution in [3.8, 4) is 0 Å². The molecule has 0 atom stereocenters. The predicted molar refractivity (Wildman–Crippen MR) is 113 cm³/mol. The van der Waals surface area contributed by atoms with Crippen LogP contribution in [-0.2, 0) is 10.0 Å². The number of halogens is 3. The van der Waals surface area contributed by atoms with Gasteiger partial charge in [0.05, 0.1) is 15.6 Å². The van der Waals surface area contributed by atoms with Gasteiger partial charge in [0.15, 0.2) is 0 Å². The van der Waals surface area contributed by atoms with E-state index in [2.05, 4.69) is 10.0 Å². The smallest absolute Gasteiger partial charge is 0.261 e. The number of carbonyl (C=O) groups excluding carboxylic acids is 1. The summed E-state index contributed by atoms with van der Waals surface area (Å²) in [5.74, 6) is -0.447. The molecule has 0 aliphatic carbocycles. The van der Waals surface area contributed by atoms with E-state index in [1.54, 1.807) is 36.4 Å². The van der Waals surface area contributed by atoms with E-state index in [-0.39, 0.29) is 21.2 Å². The molecule has 0 aromatic heterocycles. The van der Waals surface area contributed by atoms with Crippen molar-refractivity contribution in [2.75, 3.05) is 10.0 Å². The highest BCUT2D eigenvalue weighted by Gasteiger charge is 2.16. The molecule has 9 heteroatoms. The van der Waals surface area contributed by atoms with Gasteiger partial charge in [-0.15, -0.1) is 0 Å². The Bertz CT molecular complexity index is 1120. The van der Waals surface area contributed by atoms with Crippen LogP contribution in [-0.4, -0.2) is 14.3 Å². The number of sulfonamides is 1. The second-order valence-electron chi connectivity index (χ2n) is 5.73. The van der Waals surface area contributed by atoms with Gasteiger partial charge in [-0.2, -0.15) is 0 Å². The Labute approximate surface area is 177 Å². The minimum Gasteiger partial charge on any atom is -0.322 e. The number of hydrogen-bond donors (Lipinski definition) is 2. The molecule has 3 aromatic rings. The Morgan fingerprint density at radius 1 is 0.821 bits per heavy atom. The number of anilines is 2. The van der Waals surface area contributed by atoms with Crippen molar-refractivity contribution in [3.05, 3.63) is 87.4 Å². The van der Waals surface area contributed by atoms with E-state index in [1.807, 2.05) is 0 Å². The lowest BCUT2D eigenvalue weighted by Gasteiger charge is -2.11. The average molecular weight is 456 g/mol. The Morgan fingerprint density at radius 2 is 1.46 bits per heavy atom. The van der Waals surface area contributed by atoms with Crippen LogP contribution in [0.5, 0.6) is 0 Å². The van der Waals surface area contributed by atoms with Crippen molar-refractivity contribution in [2.24, 2.45) is 0 Å². The molecule has 5 nitrogen and oxygen atoms in total. The Kier molecular flexibility index (Phi) is 6.15. The molecule has 0 bridgehead atoms. The summed E-state index contributed by atoms with van der Waals surface area (Å²) in [6, 6.07) is 16.8. The van der Waals surface area contributed by atoms with Crippen molar-refractivity contribution < 1.29 is 13.2 Å². The van der Waals surface area contributed by atoms with Gasteiger partial charge < -0.3 is 5.32 Å². The highest BCUT2D eigenvalue weighted by Crippen LogP contribution is 2.27. The fourth-order valence-corrected chi connectivity index (χ4v) is 4.28. The predicted octanol–water partition coefficient (Wildman–Crippen LogP) is 5.70. The molecular weight excluding hydrogens is 443 g/mol. The number of hydrogen-bond acceptors (Lipinski definition) is 3. The van der Waals surface area contributed by atoms with Gasteiger partial charge in [0.25, 0.3) is 15.9 Å². The highest BCUT2D eigenvalue weighted by atomic mass is 35.5. The third-order valence-corrected chi connectivity index (χ3v) is 5.78. The van der Waals surface area contributed by atoms with Crippen LogP contribution in [0.25, 0.3) is 0 Å². The molecule has 0 aliphatic heterocycles. The number of carbonyl (C=O) groups is 1. The summed E-state index contributed by atoms with van der Waals surface area (Å²) >= 11 is 18.0. The number of benzene rings is 3. The third-order valence-electron chi connectivity index (χ3n) is 3.65. The maximum atomic E-state index is 12.4. The van der Waals surface area contributed by atoms with Crippen LogP contribution < -0.4 is 10.0 Å². The van der Waals surface area contributed by atoms with Crippen LogP contribution in [0.3, 0.4) is 0 Å². The molecule has 0 spiro atoms. The molecule has 2 N–H and O–H groups in total. The molecule has 0 saturated carbocycles. The summed E-state index contributed by atoms with van der Waals surface area (Å²) in [5.41, 5.74) is 0.823. The number of amides is 1. The summed E-state index contributed by atoms with van der Waals surface area (Å²) in [6.45, 7) is 0. The van der Waals surface area contributed by atoms with Crippen LogP contribution in [0.4, 0.5) is 11.4 Å². The number of nitrogens with one attached hydrogen (secondary N) is 2. The largest absolute Gasteiger partial charge is 0.322 e. The molecule has 144 valence electrons. The zero-order chi connectivity index (χ0) is 20.3. The SMILES string of the molecule is O=C(Nc1cc(Cl)cc(Cl)c1)c1ccc(NS(=O)(=O)c2ccccc2)c(Cl)c1. The zero-order valence-electron chi connectivity index (χ0n) is 14.1. The quantitative estimate of drug-likeness (QED) is 0.518. The van der Waals surface area contributed by atoms with E-state index < -0.39 is 15.9 Å². The van der Waals surface area contributed by atoms with Crippen LogP contribution in [0.15, 0.2) is 71.6 Å². The zero-order valence-corrected chi connectivity index (χ0v) is 17.2. The van der Waals surface area contributed by atoms with Gasteiger partial charge in [-0.05, 0) is 48.5 Å². The molecule has 0 radical (unpaired) electrons. The van der Waals surface area contributed by atoms with Crippen LogP contribution in [0.2, 0.25) is 15.1 Å². The summed E-state index contributed by atoms with van der Waals surface area (Å²) < 4.78 is 27.2. The molecule has 3 aromatic carbocycles. The average Bonchev–Trinajstić information content (AvgIpc) is 2.63. The normalized spacial score (nSPS) is 11.1. The molecular formula is C19H13Cl3N2O3S. The van der Waals surface area contributed by atoms with Gasteiger partial charge in [0.1, 0.15) is 0 Å². The van der Waals surface area contributed by atoms with Crippen molar-refractivity contribution in [1.82, 2.24) is 0 Å². The first-order chi connectivity index (χ1) is 13.2. The van der Waals surface area contributed by atoms with Crippen molar-refractivity contribution in [1.29, 1.82) is 0 Å². The van der Waals surface area contributed by atoms with E-state index in [0.29, 0.717) is 15.7 Å². The molecule has 0 saturated heterocycles. The van der Waals surface area contributed by atoms with Gasteiger partial charge in [-0.3, -0.25) is 9.52 Å². The first-order valence-corrected chi connectivity index (χ1v) is 10.5. The standard InChI is InChI=1S/C19H13Cl3N2O3S/c20-13-9-14(21)11-15(10-13)23-19(25)12-6-7-18(17(22)8-12)24-28(26,27)16-4-2-1-3-5-16/h1-11,24H,(H,23,25). The van der Waals surface area contributed by atoms with Crippen molar-refractivity contribution >= 4 is 62.1 Å². The summed E-state index contributed by atoms with van der Waals surface area (Å²) in [7, 11) is -3.79. The Hall–Kier alpha value is -2.25. The summed E-state index contributed by atoms with van der Waals surface area (Å²) in [6.07, 6.45) is 0. The summed E-state index contributed by atoms with van der Waals surface area (Å²) in [5, 5.41) is 3.50. The van der Waals surface area contributed by atoms with Crippen LogP contribution >= 0.6 is 34.8 Å². The molecule has 0 aliphatic rings. The maximum absolute atomic E-state index is 12.4. The number of rotatable bonds is 5. The van der Waals surface area contributed by atoms with Crippen molar-refractivity contribution in [2.45, 2.75) is 4.90 Å². The molecule has 0 heterocycles. The minimum atomic E-state index is -3.79. The van der Waals surface area contributed by atoms with E-state index >= 15 is 0 Å². The molecule has 3 rings (SSSR count). The first-order valence-electron chi connectivity index (χ1n) is 7.89. The van der Waals surface area contributed by atoms with E-state index in [1.165, 1.54) is 30.3 Å². The van der Waals surface area contributed by atoms with Crippen molar-refractivity contribution in [3.63, 3.8) is 0 Å². The minimum absolute atomic E-state index is 0.0799. The van der Waals surface area contributed by atoms with Crippen LogP contribution in [0, 0.1) is 0 Å². The second kappa shape index (κ2) is 8.41.